The number of nitrogens with one attached hydrogen (secondary N) is 1. The average Bonchev–Trinajstić information content (AvgIpc) is 3.52. The van der Waals surface area contributed by atoms with Crippen LogP contribution in [0.3, 0.4) is 0 Å². The van der Waals surface area contributed by atoms with Gasteiger partial charge in [0.25, 0.3) is 0 Å². The predicted molar refractivity (Wildman–Crippen MR) is 338 cm³/mol. The van der Waals surface area contributed by atoms with Crippen molar-refractivity contribution >= 4 is 11.9 Å². The summed E-state index contributed by atoms with van der Waals surface area (Å²) < 4.78 is 17.6. The molecule has 1 saturated heterocycles. The van der Waals surface area contributed by atoms with Crippen molar-refractivity contribution in [3.63, 3.8) is 0 Å². The number of allylic oxidation sites excluding steroid dienone is 11. The number of hydrogen-bond donors (Lipinski definition) is 6. The van der Waals surface area contributed by atoms with Crippen LogP contribution in [0.2, 0.25) is 0 Å². The molecular formula is C70H125NO10. The van der Waals surface area contributed by atoms with Crippen molar-refractivity contribution in [2.45, 2.75) is 346 Å². The summed E-state index contributed by atoms with van der Waals surface area (Å²) in [5.41, 5.74) is 0. The molecule has 470 valence electrons. The van der Waals surface area contributed by atoms with Crippen LogP contribution in [0.15, 0.2) is 72.9 Å². The van der Waals surface area contributed by atoms with E-state index in [0.29, 0.717) is 12.8 Å². The molecule has 1 amide bonds. The van der Waals surface area contributed by atoms with Crippen LogP contribution in [-0.2, 0) is 23.8 Å². The molecule has 1 fully saturated rings. The zero-order valence-corrected chi connectivity index (χ0v) is 52.1. The standard InChI is InChI=1S/C70H125NO10/c1-4-7-10-13-16-19-22-25-26-27-28-29-30-31-32-33-34-35-36-37-40-42-45-48-51-54-57-63(74)69(78)71-61(62(73)56-53-50-47-44-41-38-23-20-17-14-11-8-5-2)60-79-70-68(67(77)66(76)64(59-72)80-70)81-65(75)58-55-52-49-46-43-39-24-21-18-15-12-9-6-3/h16,19,25-26,28-29,39,43,49,52-53,56,61-64,66-68,70,72-74,76-77H,4-15,17-18,20-24,27,30-38,40-42,44-48,50-51,54-55,57-60H2,1-3H3,(H,71,78)/b19-16-,26-25-,29-28-,43-39-,52-49+,56-53+. The smallest absolute Gasteiger partial charge is 0.306 e. The van der Waals surface area contributed by atoms with Crippen LogP contribution in [-0.4, -0.2) is 99.6 Å². The highest BCUT2D eigenvalue weighted by Crippen LogP contribution is 2.26. The lowest BCUT2D eigenvalue weighted by Gasteiger charge is -2.41. The van der Waals surface area contributed by atoms with Crippen molar-refractivity contribution in [1.29, 1.82) is 0 Å². The highest BCUT2D eigenvalue weighted by molar-refractivity contribution is 5.80. The molecule has 6 N–H and O–H groups in total. The maximum Gasteiger partial charge on any atom is 0.306 e. The SMILES string of the molecule is CCCCC/C=C\C/C=C\C/C=C\CCCCCCCCCCCCCCCC(O)C(=O)NC(COC1OC(CO)C(O)C(O)C1OC(=O)CC/C=C/C/C=C\CCCCCCCC)C(O)/C=C/CCCCCCCCCCCCC. The topological polar surface area (TPSA) is 175 Å². The third kappa shape index (κ3) is 45.2. The van der Waals surface area contributed by atoms with Gasteiger partial charge >= 0.3 is 5.97 Å². The van der Waals surface area contributed by atoms with Gasteiger partial charge in [0.2, 0.25) is 5.91 Å². The van der Waals surface area contributed by atoms with Crippen molar-refractivity contribution in [3.8, 4) is 0 Å². The lowest BCUT2D eigenvalue weighted by atomic mass is 9.99. The normalized spacial score (nSPS) is 19.1. The fourth-order valence-corrected chi connectivity index (χ4v) is 10.2. The van der Waals surface area contributed by atoms with Crippen LogP contribution in [0.5, 0.6) is 0 Å². The molecule has 1 aliphatic heterocycles. The van der Waals surface area contributed by atoms with E-state index in [2.05, 4.69) is 74.7 Å². The lowest BCUT2D eigenvalue weighted by molar-refractivity contribution is -0.305. The second-order valence-corrected chi connectivity index (χ2v) is 23.2. The minimum absolute atomic E-state index is 0.0169. The molecule has 0 aromatic rings. The molecule has 1 rings (SSSR count). The minimum Gasteiger partial charge on any atom is -0.454 e. The molecule has 0 radical (unpaired) electrons. The Balaban J connectivity index is 2.60. The summed E-state index contributed by atoms with van der Waals surface area (Å²) in [5, 5.41) is 57.0. The number of ether oxygens (including phenoxy) is 3. The van der Waals surface area contributed by atoms with E-state index in [1.54, 1.807) is 6.08 Å². The molecule has 11 nitrogen and oxygen atoms in total. The Labute approximate surface area is 496 Å². The van der Waals surface area contributed by atoms with Gasteiger partial charge in [-0.2, -0.15) is 0 Å². The third-order valence-electron chi connectivity index (χ3n) is 15.6. The van der Waals surface area contributed by atoms with Gasteiger partial charge in [-0.3, -0.25) is 9.59 Å². The van der Waals surface area contributed by atoms with E-state index in [-0.39, 0.29) is 19.4 Å². The number of amides is 1. The molecule has 8 unspecified atom stereocenters. The molecule has 8 atom stereocenters. The zero-order chi connectivity index (χ0) is 58.9. The fraction of sp³-hybridized carbons (Fsp3) is 0.800. The molecule has 0 bridgehead atoms. The molecule has 0 spiro atoms. The van der Waals surface area contributed by atoms with Gasteiger partial charge < -0.3 is 45.1 Å². The summed E-state index contributed by atoms with van der Waals surface area (Å²) in [4.78, 5) is 26.5. The summed E-state index contributed by atoms with van der Waals surface area (Å²) in [7, 11) is 0. The zero-order valence-electron chi connectivity index (χ0n) is 52.1. The van der Waals surface area contributed by atoms with Crippen LogP contribution in [0.1, 0.15) is 297 Å². The summed E-state index contributed by atoms with van der Waals surface area (Å²) in [6.45, 7) is 5.74. The Bertz CT molecular complexity index is 1590. The summed E-state index contributed by atoms with van der Waals surface area (Å²) in [5.74, 6) is -1.26. The first-order valence-electron chi connectivity index (χ1n) is 33.7. The van der Waals surface area contributed by atoms with E-state index in [0.717, 1.165) is 64.2 Å². The number of esters is 1. The Hall–Kier alpha value is -2.90. The number of carbonyl (C=O) groups excluding carboxylic acids is 2. The quantitative estimate of drug-likeness (QED) is 0.0195. The fourth-order valence-electron chi connectivity index (χ4n) is 10.2. The second kappa shape index (κ2) is 57.5. The molecule has 11 heteroatoms. The Morgan fingerprint density at radius 3 is 1.30 bits per heavy atom. The van der Waals surface area contributed by atoms with Crippen LogP contribution in [0.25, 0.3) is 0 Å². The lowest BCUT2D eigenvalue weighted by Crippen LogP contribution is -2.61. The minimum atomic E-state index is -1.64. The van der Waals surface area contributed by atoms with Gasteiger partial charge in [-0.1, -0.05) is 280 Å². The van der Waals surface area contributed by atoms with Gasteiger partial charge in [0.15, 0.2) is 12.4 Å². The number of rotatable bonds is 57. The summed E-state index contributed by atoms with van der Waals surface area (Å²) in [6, 6.07) is -1.04. The number of unbranched alkanes of at least 4 members (excludes halogenated alkanes) is 33. The van der Waals surface area contributed by atoms with Gasteiger partial charge in [-0.25, -0.2) is 0 Å². The van der Waals surface area contributed by atoms with E-state index >= 15 is 0 Å². The Morgan fingerprint density at radius 1 is 0.481 bits per heavy atom. The summed E-state index contributed by atoms with van der Waals surface area (Å²) >= 11 is 0. The number of aliphatic hydroxyl groups is 5. The molecule has 81 heavy (non-hydrogen) atoms. The van der Waals surface area contributed by atoms with Gasteiger partial charge in [-0.05, 0) is 83.5 Å². The number of aliphatic hydroxyl groups excluding tert-OH is 5. The van der Waals surface area contributed by atoms with E-state index in [1.165, 1.54) is 186 Å². The van der Waals surface area contributed by atoms with Gasteiger partial charge in [0.05, 0.1) is 25.4 Å². The first-order chi connectivity index (χ1) is 39.7. The Morgan fingerprint density at radius 2 is 0.852 bits per heavy atom. The number of hydrogen-bond acceptors (Lipinski definition) is 10. The van der Waals surface area contributed by atoms with Crippen LogP contribution >= 0.6 is 0 Å². The average molecular weight is 1140 g/mol. The molecule has 1 aliphatic rings. The second-order valence-electron chi connectivity index (χ2n) is 23.2. The molecule has 0 saturated carbocycles. The van der Waals surface area contributed by atoms with Crippen LogP contribution in [0.4, 0.5) is 0 Å². The van der Waals surface area contributed by atoms with E-state index in [4.69, 9.17) is 14.2 Å². The first kappa shape index (κ1) is 76.1. The van der Waals surface area contributed by atoms with Crippen molar-refractivity contribution in [1.82, 2.24) is 5.32 Å². The van der Waals surface area contributed by atoms with Crippen LogP contribution in [0, 0.1) is 0 Å². The largest absolute Gasteiger partial charge is 0.454 e. The van der Waals surface area contributed by atoms with Gasteiger partial charge in [0.1, 0.15) is 24.4 Å². The summed E-state index contributed by atoms with van der Waals surface area (Å²) in [6.07, 6.45) is 63.9. The highest BCUT2D eigenvalue weighted by Gasteiger charge is 2.47. The molecule has 0 aliphatic carbocycles. The highest BCUT2D eigenvalue weighted by atomic mass is 16.7. The van der Waals surface area contributed by atoms with Crippen molar-refractivity contribution in [2.75, 3.05) is 13.2 Å². The third-order valence-corrected chi connectivity index (χ3v) is 15.6. The predicted octanol–water partition coefficient (Wildman–Crippen LogP) is 16.7. The maximum absolute atomic E-state index is 13.5. The van der Waals surface area contributed by atoms with Gasteiger partial charge in [0, 0.05) is 6.42 Å². The van der Waals surface area contributed by atoms with Crippen molar-refractivity contribution < 1.29 is 49.3 Å². The van der Waals surface area contributed by atoms with E-state index < -0.39 is 67.4 Å². The van der Waals surface area contributed by atoms with Crippen molar-refractivity contribution in [3.05, 3.63) is 72.9 Å². The number of carbonyl (C=O) groups is 2. The monoisotopic (exact) mass is 1140 g/mol. The molecule has 1 heterocycles. The van der Waals surface area contributed by atoms with Crippen molar-refractivity contribution in [2.24, 2.45) is 0 Å². The molecule has 0 aromatic heterocycles. The molecule has 0 aromatic carbocycles. The molecular weight excluding hydrogens is 1010 g/mol. The Kier molecular flexibility index (Phi) is 54.1. The van der Waals surface area contributed by atoms with Crippen LogP contribution < -0.4 is 5.32 Å². The van der Waals surface area contributed by atoms with E-state index in [1.807, 2.05) is 18.2 Å². The van der Waals surface area contributed by atoms with E-state index in [9.17, 15) is 35.1 Å². The maximum atomic E-state index is 13.5. The van der Waals surface area contributed by atoms with Gasteiger partial charge in [-0.15, -0.1) is 0 Å². The first-order valence-corrected chi connectivity index (χ1v) is 33.7.